The number of phenols is 1. The predicted molar refractivity (Wildman–Crippen MR) is 74.2 cm³/mol. The van der Waals surface area contributed by atoms with Gasteiger partial charge in [0.15, 0.2) is 0 Å². The molecule has 2 rings (SSSR count). The molecule has 20 heavy (non-hydrogen) atoms. The predicted octanol–water partition coefficient (Wildman–Crippen LogP) is 2.65. The van der Waals surface area contributed by atoms with Crippen LogP contribution in [0.2, 0.25) is 0 Å². The molecule has 0 aromatic heterocycles. The Kier molecular flexibility index (Phi) is 3.70. The number of aromatic hydroxyl groups is 1. The van der Waals surface area contributed by atoms with Crippen molar-refractivity contribution in [1.29, 1.82) is 0 Å². The molecule has 0 atom stereocenters. The molecule has 0 saturated carbocycles. The number of aromatic carboxylic acids is 1. The lowest BCUT2D eigenvalue weighted by Gasteiger charge is -2.07. The average molecular weight is 271 g/mol. The molecule has 5 heteroatoms. The summed E-state index contributed by atoms with van der Waals surface area (Å²) in [6.07, 6.45) is 0. The first-order valence-corrected chi connectivity index (χ1v) is 5.91. The largest absolute Gasteiger partial charge is 0.508 e. The first-order valence-electron chi connectivity index (χ1n) is 5.91. The fourth-order valence-corrected chi connectivity index (χ4v) is 1.68. The lowest BCUT2D eigenvalue weighted by molar-refractivity contribution is 0.0696. The van der Waals surface area contributed by atoms with Crippen molar-refractivity contribution in [3.8, 4) is 5.75 Å². The molecular formula is C15H13NO4. The van der Waals surface area contributed by atoms with Crippen LogP contribution in [0.3, 0.4) is 0 Å². The van der Waals surface area contributed by atoms with E-state index in [-0.39, 0.29) is 11.3 Å². The average Bonchev–Trinajstić information content (AvgIpc) is 2.42. The first-order chi connectivity index (χ1) is 9.47. The van der Waals surface area contributed by atoms with Crippen LogP contribution in [0.4, 0.5) is 5.69 Å². The van der Waals surface area contributed by atoms with Crippen molar-refractivity contribution in [2.24, 2.45) is 0 Å². The molecule has 0 radical (unpaired) electrons. The van der Waals surface area contributed by atoms with Gasteiger partial charge in [0.1, 0.15) is 5.75 Å². The highest BCUT2D eigenvalue weighted by Gasteiger charge is 2.09. The molecule has 0 unspecified atom stereocenters. The first kappa shape index (κ1) is 13.6. The highest BCUT2D eigenvalue weighted by molar-refractivity contribution is 6.05. The van der Waals surface area contributed by atoms with Crippen LogP contribution in [0.1, 0.15) is 26.3 Å². The minimum absolute atomic E-state index is 0.0388. The summed E-state index contributed by atoms with van der Waals surface area (Å²) in [5.41, 5.74) is 1.45. The molecule has 1 amide bonds. The molecule has 0 aliphatic rings. The Morgan fingerprint density at radius 3 is 2.45 bits per heavy atom. The maximum Gasteiger partial charge on any atom is 0.335 e. The molecule has 2 aromatic rings. The van der Waals surface area contributed by atoms with Gasteiger partial charge in [0.2, 0.25) is 0 Å². The summed E-state index contributed by atoms with van der Waals surface area (Å²) in [7, 11) is 0. The van der Waals surface area contributed by atoms with Gasteiger partial charge < -0.3 is 15.5 Å². The number of rotatable bonds is 3. The van der Waals surface area contributed by atoms with E-state index in [4.69, 9.17) is 5.11 Å². The second-order valence-corrected chi connectivity index (χ2v) is 4.34. The van der Waals surface area contributed by atoms with E-state index in [1.807, 2.05) is 0 Å². The molecule has 2 aromatic carbocycles. The number of hydrogen-bond donors (Lipinski definition) is 3. The topological polar surface area (TPSA) is 86.6 Å². The zero-order valence-corrected chi connectivity index (χ0v) is 10.8. The van der Waals surface area contributed by atoms with Crippen molar-refractivity contribution < 1.29 is 19.8 Å². The summed E-state index contributed by atoms with van der Waals surface area (Å²) in [5, 5.41) is 21.0. The summed E-state index contributed by atoms with van der Waals surface area (Å²) in [6, 6.07) is 10.5. The van der Waals surface area contributed by atoms with Gasteiger partial charge in [-0.25, -0.2) is 4.79 Å². The normalized spacial score (nSPS) is 10.1. The SMILES string of the molecule is Cc1ccc(C(=O)Nc2cccc(C(=O)O)c2)cc1O. The van der Waals surface area contributed by atoms with Gasteiger partial charge in [-0.05, 0) is 42.8 Å². The number of nitrogens with one attached hydrogen (secondary N) is 1. The lowest BCUT2D eigenvalue weighted by atomic mass is 10.1. The highest BCUT2D eigenvalue weighted by atomic mass is 16.4. The number of carbonyl (C=O) groups is 2. The second kappa shape index (κ2) is 5.44. The van der Waals surface area contributed by atoms with E-state index >= 15 is 0 Å². The van der Waals surface area contributed by atoms with E-state index in [0.29, 0.717) is 16.8 Å². The van der Waals surface area contributed by atoms with E-state index in [2.05, 4.69) is 5.32 Å². The maximum absolute atomic E-state index is 12.0. The summed E-state index contributed by atoms with van der Waals surface area (Å²) >= 11 is 0. The van der Waals surface area contributed by atoms with Gasteiger partial charge in [-0.1, -0.05) is 12.1 Å². The highest BCUT2D eigenvalue weighted by Crippen LogP contribution is 2.19. The molecule has 3 N–H and O–H groups in total. The Labute approximate surface area is 115 Å². The van der Waals surface area contributed by atoms with Crippen molar-refractivity contribution in [2.75, 3.05) is 5.32 Å². The third kappa shape index (κ3) is 2.95. The van der Waals surface area contributed by atoms with E-state index in [0.717, 1.165) is 0 Å². The zero-order chi connectivity index (χ0) is 14.7. The number of carbonyl (C=O) groups excluding carboxylic acids is 1. The van der Waals surface area contributed by atoms with Crippen molar-refractivity contribution in [2.45, 2.75) is 6.92 Å². The third-order valence-corrected chi connectivity index (χ3v) is 2.84. The van der Waals surface area contributed by atoms with Gasteiger partial charge in [0.25, 0.3) is 5.91 Å². The zero-order valence-electron chi connectivity index (χ0n) is 10.8. The van der Waals surface area contributed by atoms with Crippen LogP contribution in [0.15, 0.2) is 42.5 Å². The second-order valence-electron chi connectivity index (χ2n) is 4.34. The van der Waals surface area contributed by atoms with Gasteiger partial charge in [0, 0.05) is 11.3 Å². The summed E-state index contributed by atoms with van der Waals surface area (Å²) < 4.78 is 0. The summed E-state index contributed by atoms with van der Waals surface area (Å²) in [6.45, 7) is 1.73. The van der Waals surface area contributed by atoms with Crippen LogP contribution >= 0.6 is 0 Å². The van der Waals surface area contributed by atoms with Crippen molar-refractivity contribution in [3.05, 3.63) is 59.2 Å². The van der Waals surface area contributed by atoms with E-state index in [1.54, 1.807) is 31.2 Å². The van der Waals surface area contributed by atoms with Crippen LogP contribution in [0.25, 0.3) is 0 Å². The van der Waals surface area contributed by atoms with Crippen molar-refractivity contribution >= 4 is 17.6 Å². The van der Waals surface area contributed by atoms with Gasteiger partial charge in [-0.3, -0.25) is 4.79 Å². The number of benzene rings is 2. The summed E-state index contributed by atoms with van der Waals surface area (Å²) in [5.74, 6) is -1.44. The van der Waals surface area contributed by atoms with Crippen LogP contribution in [-0.4, -0.2) is 22.1 Å². The maximum atomic E-state index is 12.0. The smallest absolute Gasteiger partial charge is 0.335 e. The number of carboxylic acids is 1. The van der Waals surface area contributed by atoms with Crippen LogP contribution < -0.4 is 5.32 Å². The molecule has 0 bridgehead atoms. The Bertz CT molecular complexity index is 679. The van der Waals surface area contributed by atoms with Crippen molar-refractivity contribution in [1.82, 2.24) is 0 Å². The molecular weight excluding hydrogens is 258 g/mol. The molecule has 0 fully saturated rings. The van der Waals surface area contributed by atoms with E-state index < -0.39 is 11.9 Å². The molecule has 0 aliphatic heterocycles. The Balaban J connectivity index is 2.21. The number of hydrogen-bond acceptors (Lipinski definition) is 3. The molecule has 0 saturated heterocycles. The van der Waals surface area contributed by atoms with E-state index in [9.17, 15) is 14.7 Å². The third-order valence-electron chi connectivity index (χ3n) is 2.84. The molecule has 102 valence electrons. The number of aryl methyl sites for hydroxylation is 1. The number of anilines is 1. The summed E-state index contributed by atoms with van der Waals surface area (Å²) in [4.78, 5) is 22.8. The number of phenolic OH excluding ortho intramolecular Hbond substituents is 1. The monoisotopic (exact) mass is 271 g/mol. The quantitative estimate of drug-likeness (QED) is 0.801. The fourth-order valence-electron chi connectivity index (χ4n) is 1.68. The van der Waals surface area contributed by atoms with Crippen LogP contribution in [0, 0.1) is 6.92 Å². The van der Waals surface area contributed by atoms with Crippen LogP contribution in [-0.2, 0) is 0 Å². The van der Waals surface area contributed by atoms with Crippen molar-refractivity contribution in [3.63, 3.8) is 0 Å². The Hall–Kier alpha value is -2.82. The Morgan fingerprint density at radius 1 is 1.05 bits per heavy atom. The number of carboxylic acid groups (broad SMARTS) is 1. The lowest BCUT2D eigenvalue weighted by Crippen LogP contribution is -2.12. The molecule has 0 aliphatic carbocycles. The molecule has 0 spiro atoms. The molecule has 5 nitrogen and oxygen atoms in total. The van der Waals surface area contributed by atoms with E-state index in [1.165, 1.54) is 18.2 Å². The van der Waals surface area contributed by atoms with Gasteiger partial charge in [0.05, 0.1) is 5.56 Å². The molecule has 0 heterocycles. The van der Waals surface area contributed by atoms with Gasteiger partial charge >= 0.3 is 5.97 Å². The van der Waals surface area contributed by atoms with Gasteiger partial charge in [-0.15, -0.1) is 0 Å². The number of amides is 1. The van der Waals surface area contributed by atoms with Crippen LogP contribution in [0.5, 0.6) is 5.75 Å². The van der Waals surface area contributed by atoms with Gasteiger partial charge in [-0.2, -0.15) is 0 Å². The Morgan fingerprint density at radius 2 is 1.80 bits per heavy atom. The standard InChI is InChI=1S/C15H13NO4/c1-9-5-6-10(8-13(9)17)14(18)16-12-4-2-3-11(7-12)15(19)20/h2-8,17H,1H3,(H,16,18)(H,19,20). The minimum Gasteiger partial charge on any atom is -0.508 e. The fraction of sp³-hybridized carbons (Fsp3) is 0.0667. The minimum atomic E-state index is -1.06.